The summed E-state index contributed by atoms with van der Waals surface area (Å²) in [5.74, 6) is -2.98. The fourth-order valence-electron chi connectivity index (χ4n) is 3.75. The second kappa shape index (κ2) is 14.5. The standard InChI is InChI=1S/C24H30N4O9/c1-14(29)26-21-18(27-28-25)12-19(24(32)33-4)37-23(21)22(20(36-16(3)31)13-35-15(2)30)34-11-10-17-8-6-5-7-9-17/h5-9,12,18,20-23H,10-11,13H2,1-4H3,(H,26,29)/t18-,20+,21+,22+,23+/m0/s1. The van der Waals surface area contributed by atoms with Crippen molar-refractivity contribution in [1.29, 1.82) is 0 Å². The molecule has 0 spiro atoms. The number of rotatable bonds is 12. The Kier molecular flexibility index (Phi) is 11.4. The molecule has 1 aliphatic heterocycles. The summed E-state index contributed by atoms with van der Waals surface area (Å²) in [5.41, 5.74) is 10.1. The maximum Gasteiger partial charge on any atom is 0.372 e. The summed E-state index contributed by atoms with van der Waals surface area (Å²) in [4.78, 5) is 50.7. The third-order valence-corrected chi connectivity index (χ3v) is 5.25. The first-order valence-electron chi connectivity index (χ1n) is 11.4. The second-order valence-corrected chi connectivity index (χ2v) is 8.05. The van der Waals surface area contributed by atoms with Gasteiger partial charge in [-0.05, 0) is 23.6 Å². The quantitative estimate of drug-likeness (QED) is 0.142. The number of ether oxygens (including phenoxy) is 5. The van der Waals surface area contributed by atoms with E-state index < -0.39 is 60.8 Å². The first-order chi connectivity index (χ1) is 17.7. The molecule has 1 amide bonds. The lowest BCUT2D eigenvalue weighted by Gasteiger charge is -2.41. The van der Waals surface area contributed by atoms with Gasteiger partial charge in [0.1, 0.15) is 18.8 Å². The summed E-state index contributed by atoms with van der Waals surface area (Å²) >= 11 is 0. The Morgan fingerprint density at radius 1 is 1.14 bits per heavy atom. The first-order valence-corrected chi connectivity index (χ1v) is 11.4. The van der Waals surface area contributed by atoms with Gasteiger partial charge in [-0.3, -0.25) is 14.4 Å². The fraction of sp³-hybridized carbons (Fsp3) is 0.500. The summed E-state index contributed by atoms with van der Waals surface area (Å²) < 4.78 is 27.3. The van der Waals surface area contributed by atoms with Crippen LogP contribution in [0.2, 0.25) is 0 Å². The molecule has 0 unspecified atom stereocenters. The van der Waals surface area contributed by atoms with Crippen molar-refractivity contribution in [2.24, 2.45) is 5.11 Å². The van der Waals surface area contributed by atoms with Gasteiger partial charge in [0.25, 0.3) is 0 Å². The summed E-state index contributed by atoms with van der Waals surface area (Å²) in [6.07, 6.45) is -1.95. The zero-order chi connectivity index (χ0) is 27.4. The van der Waals surface area contributed by atoms with E-state index in [0.717, 1.165) is 19.6 Å². The van der Waals surface area contributed by atoms with Gasteiger partial charge in [0, 0.05) is 25.7 Å². The first kappa shape index (κ1) is 29.1. The van der Waals surface area contributed by atoms with E-state index in [2.05, 4.69) is 15.3 Å². The maximum absolute atomic E-state index is 12.3. The lowest BCUT2D eigenvalue weighted by atomic mass is 9.92. The third kappa shape index (κ3) is 9.13. The Hall–Kier alpha value is -4.09. The van der Waals surface area contributed by atoms with Crippen LogP contribution < -0.4 is 5.32 Å². The number of nitrogens with zero attached hydrogens (tertiary/aromatic N) is 3. The van der Waals surface area contributed by atoms with E-state index >= 15 is 0 Å². The summed E-state index contributed by atoms with van der Waals surface area (Å²) in [6.45, 7) is 3.29. The molecule has 1 aromatic carbocycles. The Bertz CT molecular complexity index is 1040. The number of methoxy groups -OCH3 is 1. The topological polar surface area (TPSA) is 175 Å². The molecule has 200 valence electrons. The van der Waals surface area contributed by atoms with Crippen LogP contribution in [-0.2, 0) is 49.3 Å². The SMILES string of the molecule is COC(=O)C1=C[C@H](N=[N+]=[N-])[C@@H](NC(C)=O)[C@H]([C@H](OCCc2ccccc2)[C@@H](COC(C)=O)OC(C)=O)O1. The lowest BCUT2D eigenvalue weighted by molar-refractivity contribution is -0.182. The van der Waals surface area contributed by atoms with Crippen molar-refractivity contribution in [1.82, 2.24) is 5.32 Å². The summed E-state index contributed by atoms with van der Waals surface area (Å²) in [6, 6.07) is 7.26. The molecular formula is C24H30N4O9. The normalized spacial score (nSPS) is 20.1. The van der Waals surface area contributed by atoms with Gasteiger partial charge < -0.3 is 29.0 Å². The van der Waals surface area contributed by atoms with Crippen molar-refractivity contribution in [2.45, 2.75) is 57.6 Å². The number of amides is 1. The van der Waals surface area contributed by atoms with Gasteiger partial charge >= 0.3 is 17.9 Å². The van der Waals surface area contributed by atoms with E-state index in [0.29, 0.717) is 6.42 Å². The number of azide groups is 1. The predicted octanol–water partition coefficient (Wildman–Crippen LogP) is 1.75. The highest BCUT2D eigenvalue weighted by atomic mass is 16.6. The zero-order valence-corrected chi connectivity index (χ0v) is 21.0. The van der Waals surface area contributed by atoms with Crippen molar-refractivity contribution in [2.75, 3.05) is 20.3 Å². The highest BCUT2D eigenvalue weighted by molar-refractivity contribution is 5.86. The van der Waals surface area contributed by atoms with Crippen molar-refractivity contribution in [3.8, 4) is 0 Å². The molecule has 0 bridgehead atoms. The van der Waals surface area contributed by atoms with Crippen molar-refractivity contribution in [3.63, 3.8) is 0 Å². The molecule has 0 saturated carbocycles. The van der Waals surface area contributed by atoms with Gasteiger partial charge in [0.05, 0.1) is 25.8 Å². The molecule has 1 heterocycles. The maximum atomic E-state index is 12.3. The predicted molar refractivity (Wildman–Crippen MR) is 128 cm³/mol. The van der Waals surface area contributed by atoms with Crippen LogP contribution in [0.25, 0.3) is 10.4 Å². The van der Waals surface area contributed by atoms with Crippen LogP contribution >= 0.6 is 0 Å². The molecule has 1 aliphatic rings. The molecule has 0 saturated heterocycles. The monoisotopic (exact) mass is 518 g/mol. The van der Waals surface area contributed by atoms with Crippen molar-refractivity contribution in [3.05, 3.63) is 58.2 Å². The minimum absolute atomic E-state index is 0.0998. The molecule has 0 aliphatic carbocycles. The van der Waals surface area contributed by atoms with Crippen LogP contribution in [-0.4, -0.2) is 74.5 Å². The number of hydrogen-bond donors (Lipinski definition) is 1. The lowest BCUT2D eigenvalue weighted by Crippen LogP contribution is -2.60. The Morgan fingerprint density at radius 2 is 1.84 bits per heavy atom. The van der Waals surface area contributed by atoms with Crippen LogP contribution in [0, 0.1) is 0 Å². The molecule has 0 aromatic heterocycles. The van der Waals surface area contributed by atoms with Gasteiger partial charge in [-0.15, -0.1) is 0 Å². The minimum atomic E-state index is -1.23. The molecule has 1 N–H and O–H groups in total. The fourth-order valence-corrected chi connectivity index (χ4v) is 3.75. The van der Waals surface area contributed by atoms with Gasteiger partial charge in [0.2, 0.25) is 11.7 Å². The molecular weight excluding hydrogens is 488 g/mol. The Labute approximate surface area is 213 Å². The third-order valence-electron chi connectivity index (χ3n) is 5.25. The van der Waals surface area contributed by atoms with Crippen molar-refractivity contribution >= 4 is 23.8 Å². The number of hydrogen-bond acceptors (Lipinski definition) is 10. The second-order valence-electron chi connectivity index (χ2n) is 8.05. The van der Waals surface area contributed by atoms with Crippen molar-refractivity contribution < 1.29 is 42.9 Å². The number of benzene rings is 1. The number of nitrogens with one attached hydrogen (secondary N) is 1. The van der Waals surface area contributed by atoms with E-state index in [-0.39, 0.29) is 12.4 Å². The number of carbonyl (C=O) groups excluding carboxylic acids is 4. The highest BCUT2D eigenvalue weighted by Crippen LogP contribution is 2.28. The largest absolute Gasteiger partial charge is 0.478 e. The number of esters is 3. The Morgan fingerprint density at radius 3 is 2.41 bits per heavy atom. The summed E-state index contributed by atoms with van der Waals surface area (Å²) in [7, 11) is 1.14. The van der Waals surface area contributed by atoms with E-state index in [9.17, 15) is 19.2 Å². The molecule has 1 aromatic rings. The molecule has 5 atom stereocenters. The minimum Gasteiger partial charge on any atom is -0.478 e. The molecule has 13 heteroatoms. The molecule has 13 nitrogen and oxygen atoms in total. The van der Waals surface area contributed by atoms with Crippen LogP contribution in [0.3, 0.4) is 0 Å². The average molecular weight is 519 g/mol. The van der Waals surface area contributed by atoms with E-state index in [1.54, 1.807) is 0 Å². The highest BCUT2D eigenvalue weighted by Gasteiger charge is 2.46. The molecule has 0 radical (unpaired) electrons. The van der Waals surface area contributed by atoms with E-state index in [1.807, 2.05) is 30.3 Å². The van der Waals surface area contributed by atoms with Crippen LogP contribution in [0.15, 0.2) is 47.3 Å². The zero-order valence-electron chi connectivity index (χ0n) is 21.0. The van der Waals surface area contributed by atoms with Gasteiger partial charge in [-0.25, -0.2) is 4.79 Å². The van der Waals surface area contributed by atoms with E-state index in [1.165, 1.54) is 19.9 Å². The van der Waals surface area contributed by atoms with Crippen LogP contribution in [0.1, 0.15) is 26.3 Å². The summed E-state index contributed by atoms with van der Waals surface area (Å²) in [5, 5.41) is 6.35. The smallest absolute Gasteiger partial charge is 0.372 e. The Balaban J connectivity index is 2.51. The van der Waals surface area contributed by atoms with E-state index in [4.69, 9.17) is 29.2 Å². The molecule has 37 heavy (non-hydrogen) atoms. The van der Waals surface area contributed by atoms with Gasteiger partial charge in [-0.1, -0.05) is 35.4 Å². The molecule has 0 fully saturated rings. The van der Waals surface area contributed by atoms with Crippen LogP contribution in [0.4, 0.5) is 0 Å². The molecule has 2 rings (SSSR count). The average Bonchev–Trinajstić information content (AvgIpc) is 2.85. The van der Waals surface area contributed by atoms with Gasteiger partial charge in [-0.2, -0.15) is 0 Å². The number of carbonyl (C=O) groups is 4. The van der Waals surface area contributed by atoms with Gasteiger partial charge in [0.15, 0.2) is 6.10 Å². The van der Waals surface area contributed by atoms with Crippen LogP contribution in [0.5, 0.6) is 0 Å².